The molecule has 3 rings (SSSR count). The van der Waals surface area contributed by atoms with E-state index in [2.05, 4.69) is 22.1 Å². The summed E-state index contributed by atoms with van der Waals surface area (Å²) in [6.07, 6.45) is 5.89. The highest BCUT2D eigenvalue weighted by Gasteiger charge is 2.20. The normalized spacial score (nSPS) is 15.0. The molecule has 0 amide bonds. The number of nitrogens with zero attached hydrogens (tertiary/aromatic N) is 2. The van der Waals surface area contributed by atoms with Crippen molar-refractivity contribution in [2.24, 2.45) is 0 Å². The lowest BCUT2D eigenvalue weighted by molar-refractivity contribution is 0.112. The lowest BCUT2D eigenvalue weighted by Crippen LogP contribution is -2.08. The molecule has 1 aromatic carbocycles. The van der Waals surface area contributed by atoms with Gasteiger partial charge in [0.2, 0.25) is 0 Å². The van der Waals surface area contributed by atoms with E-state index < -0.39 is 0 Å². The highest BCUT2D eigenvalue weighted by atomic mass is 35.5. The van der Waals surface area contributed by atoms with Crippen LogP contribution in [0.2, 0.25) is 5.15 Å². The standard InChI is InChI=1S/C15H13ClN2O/c16-15-13(8-19)14(17-9-18-15)12-6-2-5-11(7-12)10-3-1-4-10/h2,5-10H,1,3-4H2. The van der Waals surface area contributed by atoms with Crippen molar-refractivity contribution in [3.8, 4) is 11.3 Å². The molecule has 0 atom stereocenters. The molecule has 0 spiro atoms. The first kappa shape index (κ1) is 12.3. The molecule has 0 aliphatic heterocycles. The Balaban J connectivity index is 2.06. The Morgan fingerprint density at radius 3 is 2.79 bits per heavy atom. The van der Waals surface area contributed by atoms with Crippen LogP contribution in [0, 0.1) is 0 Å². The molecule has 0 saturated heterocycles. The first-order valence-corrected chi connectivity index (χ1v) is 6.73. The van der Waals surface area contributed by atoms with Gasteiger partial charge in [0.15, 0.2) is 6.29 Å². The van der Waals surface area contributed by atoms with Gasteiger partial charge in [0, 0.05) is 5.56 Å². The van der Waals surface area contributed by atoms with E-state index in [4.69, 9.17) is 11.6 Å². The fraction of sp³-hybridized carbons (Fsp3) is 0.267. The number of aromatic nitrogens is 2. The maximum Gasteiger partial charge on any atom is 0.155 e. The van der Waals surface area contributed by atoms with Crippen molar-refractivity contribution in [2.75, 3.05) is 0 Å². The van der Waals surface area contributed by atoms with Gasteiger partial charge in [0.1, 0.15) is 11.5 Å². The average Bonchev–Trinajstić information content (AvgIpc) is 2.37. The van der Waals surface area contributed by atoms with E-state index in [0.29, 0.717) is 23.5 Å². The minimum absolute atomic E-state index is 0.203. The van der Waals surface area contributed by atoms with Crippen molar-refractivity contribution in [1.82, 2.24) is 9.97 Å². The quantitative estimate of drug-likeness (QED) is 0.629. The summed E-state index contributed by atoms with van der Waals surface area (Å²) < 4.78 is 0. The minimum Gasteiger partial charge on any atom is -0.298 e. The van der Waals surface area contributed by atoms with Gasteiger partial charge >= 0.3 is 0 Å². The number of rotatable bonds is 3. The van der Waals surface area contributed by atoms with Crippen molar-refractivity contribution in [3.05, 3.63) is 46.9 Å². The lowest BCUT2D eigenvalue weighted by atomic mass is 9.79. The van der Waals surface area contributed by atoms with Gasteiger partial charge in [-0.2, -0.15) is 0 Å². The number of aldehydes is 1. The van der Waals surface area contributed by atoms with Crippen molar-refractivity contribution >= 4 is 17.9 Å². The molecule has 0 unspecified atom stereocenters. The molecule has 96 valence electrons. The Hall–Kier alpha value is -1.74. The molecule has 1 aromatic heterocycles. The monoisotopic (exact) mass is 272 g/mol. The third kappa shape index (κ3) is 2.26. The lowest BCUT2D eigenvalue weighted by Gasteiger charge is -2.26. The summed E-state index contributed by atoms with van der Waals surface area (Å²) in [6, 6.07) is 8.20. The number of hydrogen-bond donors (Lipinski definition) is 0. The van der Waals surface area contributed by atoms with E-state index >= 15 is 0 Å². The van der Waals surface area contributed by atoms with Crippen LogP contribution in [0.3, 0.4) is 0 Å². The molecule has 1 fully saturated rings. The molecule has 0 N–H and O–H groups in total. The summed E-state index contributed by atoms with van der Waals surface area (Å²) in [5.41, 5.74) is 3.21. The topological polar surface area (TPSA) is 42.9 Å². The summed E-state index contributed by atoms with van der Waals surface area (Å²) in [5.74, 6) is 0.650. The van der Waals surface area contributed by atoms with Crippen LogP contribution in [-0.2, 0) is 0 Å². The van der Waals surface area contributed by atoms with Crippen LogP contribution >= 0.6 is 11.6 Å². The molecule has 19 heavy (non-hydrogen) atoms. The fourth-order valence-corrected chi connectivity index (χ4v) is 2.57. The molecular weight excluding hydrogens is 260 g/mol. The van der Waals surface area contributed by atoms with Crippen molar-refractivity contribution in [2.45, 2.75) is 25.2 Å². The molecular formula is C15H13ClN2O. The van der Waals surface area contributed by atoms with Gasteiger partial charge in [-0.25, -0.2) is 9.97 Å². The molecule has 4 heteroatoms. The van der Waals surface area contributed by atoms with Gasteiger partial charge in [-0.1, -0.05) is 36.2 Å². The fourth-order valence-electron chi connectivity index (χ4n) is 2.39. The SMILES string of the molecule is O=Cc1c(Cl)ncnc1-c1cccc(C2CCC2)c1. The van der Waals surface area contributed by atoms with Crippen LogP contribution in [0.15, 0.2) is 30.6 Å². The Bertz CT molecular complexity index is 623. The van der Waals surface area contributed by atoms with Crippen LogP contribution in [-0.4, -0.2) is 16.3 Å². The summed E-state index contributed by atoms with van der Waals surface area (Å²) in [4.78, 5) is 19.2. The minimum atomic E-state index is 0.203. The molecule has 0 bridgehead atoms. The van der Waals surface area contributed by atoms with Gasteiger partial charge < -0.3 is 0 Å². The zero-order valence-electron chi connectivity index (χ0n) is 10.3. The van der Waals surface area contributed by atoms with E-state index in [-0.39, 0.29) is 5.15 Å². The third-order valence-electron chi connectivity index (χ3n) is 3.69. The third-order valence-corrected chi connectivity index (χ3v) is 3.99. The van der Waals surface area contributed by atoms with Crippen LogP contribution in [0.5, 0.6) is 0 Å². The Morgan fingerprint density at radius 2 is 2.11 bits per heavy atom. The predicted octanol–water partition coefficient (Wildman–Crippen LogP) is 3.88. The highest BCUT2D eigenvalue weighted by molar-refractivity contribution is 6.32. The van der Waals surface area contributed by atoms with Gasteiger partial charge in [-0.05, 0) is 30.4 Å². The first-order valence-electron chi connectivity index (χ1n) is 6.35. The summed E-state index contributed by atoms with van der Waals surface area (Å²) in [5, 5.41) is 0.203. The number of carbonyl (C=O) groups is 1. The molecule has 1 aliphatic carbocycles. The zero-order chi connectivity index (χ0) is 13.2. The van der Waals surface area contributed by atoms with E-state index in [0.717, 1.165) is 5.56 Å². The molecule has 1 aliphatic rings. The highest BCUT2D eigenvalue weighted by Crippen LogP contribution is 2.37. The second-order valence-electron chi connectivity index (χ2n) is 4.80. The van der Waals surface area contributed by atoms with Crippen LogP contribution < -0.4 is 0 Å². The van der Waals surface area contributed by atoms with Gasteiger partial charge in [-0.3, -0.25) is 4.79 Å². The van der Waals surface area contributed by atoms with Gasteiger partial charge in [0.05, 0.1) is 11.3 Å². The first-order chi connectivity index (χ1) is 9.29. The number of benzene rings is 1. The Kier molecular flexibility index (Phi) is 3.30. The summed E-state index contributed by atoms with van der Waals surface area (Å²) in [7, 11) is 0. The Labute approximate surface area is 116 Å². The van der Waals surface area contributed by atoms with Crippen LogP contribution in [0.25, 0.3) is 11.3 Å². The van der Waals surface area contributed by atoms with Crippen LogP contribution in [0.4, 0.5) is 0 Å². The maximum atomic E-state index is 11.1. The van der Waals surface area contributed by atoms with Gasteiger partial charge in [0.25, 0.3) is 0 Å². The Morgan fingerprint density at radius 1 is 1.26 bits per heavy atom. The average molecular weight is 273 g/mol. The smallest absolute Gasteiger partial charge is 0.155 e. The zero-order valence-corrected chi connectivity index (χ0v) is 11.1. The van der Waals surface area contributed by atoms with E-state index in [1.807, 2.05) is 12.1 Å². The van der Waals surface area contributed by atoms with Crippen LogP contribution in [0.1, 0.15) is 41.1 Å². The van der Waals surface area contributed by atoms with Gasteiger partial charge in [-0.15, -0.1) is 0 Å². The number of hydrogen-bond acceptors (Lipinski definition) is 3. The largest absolute Gasteiger partial charge is 0.298 e. The molecule has 1 heterocycles. The van der Waals surface area contributed by atoms with Crippen molar-refractivity contribution in [3.63, 3.8) is 0 Å². The van der Waals surface area contributed by atoms with E-state index in [1.54, 1.807) is 0 Å². The van der Waals surface area contributed by atoms with E-state index in [9.17, 15) is 4.79 Å². The maximum absolute atomic E-state index is 11.1. The van der Waals surface area contributed by atoms with Crippen molar-refractivity contribution in [1.29, 1.82) is 0 Å². The number of carbonyl (C=O) groups excluding carboxylic acids is 1. The summed E-state index contributed by atoms with van der Waals surface area (Å²) in [6.45, 7) is 0. The van der Waals surface area contributed by atoms with E-state index in [1.165, 1.54) is 31.2 Å². The van der Waals surface area contributed by atoms with Crippen molar-refractivity contribution < 1.29 is 4.79 Å². The second-order valence-corrected chi connectivity index (χ2v) is 5.16. The molecule has 1 saturated carbocycles. The summed E-state index contributed by atoms with van der Waals surface area (Å²) >= 11 is 5.94. The predicted molar refractivity (Wildman–Crippen MR) is 74.5 cm³/mol. The molecule has 3 nitrogen and oxygen atoms in total. The molecule has 0 radical (unpaired) electrons. The molecule has 2 aromatic rings. The number of halogens is 1. The second kappa shape index (κ2) is 5.10.